The first kappa shape index (κ1) is 47.1. The van der Waals surface area contributed by atoms with Crippen molar-refractivity contribution >= 4 is 50.1 Å². The molecule has 9 rings (SSSR count). The average Bonchev–Trinajstić information content (AvgIpc) is 4.16. The van der Waals surface area contributed by atoms with Gasteiger partial charge in [-0.1, -0.05) is 35.5 Å². The molecule has 1 amide bonds. The molecule has 0 radical (unpaired) electrons. The number of amides is 1. The van der Waals surface area contributed by atoms with E-state index in [0.717, 1.165) is 109 Å². The summed E-state index contributed by atoms with van der Waals surface area (Å²) in [4.78, 5) is 24.5. The van der Waals surface area contributed by atoms with Crippen LogP contribution in [-0.2, 0) is 51.5 Å². The Labute approximate surface area is 399 Å². The Morgan fingerprint density at radius 3 is 2.41 bits per heavy atom. The summed E-state index contributed by atoms with van der Waals surface area (Å²) in [5, 5.41) is 15.0. The van der Waals surface area contributed by atoms with Crippen LogP contribution in [0.15, 0.2) is 88.2 Å². The molecular weight excluding hydrogens is 884 g/mol. The quantitative estimate of drug-likeness (QED) is 0.0601. The van der Waals surface area contributed by atoms with Crippen LogP contribution in [0.2, 0.25) is 0 Å². The normalized spacial score (nSPS) is 13.4. The minimum atomic E-state index is -0.515. The molecule has 14 nitrogen and oxygen atoms in total. The van der Waals surface area contributed by atoms with Crippen LogP contribution in [0.25, 0.3) is 55.2 Å². The molecule has 8 aromatic rings. The predicted octanol–water partition coefficient (Wildman–Crippen LogP) is 8.13. The van der Waals surface area contributed by atoms with Crippen LogP contribution >= 0.6 is 11.3 Å². The highest BCUT2D eigenvalue weighted by Gasteiger charge is 2.19. The van der Waals surface area contributed by atoms with E-state index >= 15 is 4.39 Å². The molecule has 1 aliphatic heterocycles. The van der Waals surface area contributed by atoms with E-state index in [9.17, 15) is 4.79 Å². The third kappa shape index (κ3) is 11.1. The smallest absolute Gasteiger partial charge is 0.258 e. The summed E-state index contributed by atoms with van der Waals surface area (Å²) < 4.78 is 47.8. The van der Waals surface area contributed by atoms with Gasteiger partial charge in [0.05, 0.1) is 67.6 Å². The van der Waals surface area contributed by atoms with Gasteiger partial charge in [0.25, 0.3) is 5.91 Å². The lowest BCUT2D eigenvalue weighted by atomic mass is 10.0. The monoisotopic (exact) mass is 942 g/mol. The second-order valence-corrected chi connectivity index (χ2v) is 17.8. The molecule has 68 heavy (non-hydrogen) atoms. The molecule has 2 N–H and O–H groups in total. The molecule has 0 unspecified atom stereocenters. The van der Waals surface area contributed by atoms with E-state index < -0.39 is 5.82 Å². The van der Waals surface area contributed by atoms with Crippen LogP contribution in [0.5, 0.6) is 5.75 Å². The largest absolute Gasteiger partial charge is 0.481 e. The topological polar surface area (TPSA) is 143 Å². The number of carbonyl (C=O) groups excluding carboxylic acids is 1. The summed E-state index contributed by atoms with van der Waals surface area (Å²) in [6.07, 6.45) is 1.20. The SMILES string of the molecule is CCn1c2ccc(CNCCOCCOCCNC(=O)COc3ccc(CCc4nc5cc(-c6c(C)noc6C)ccc5n4CCN4CCOCC4)cc3F)cc2c2ccc(-c3cscn3)cc21. The van der Waals surface area contributed by atoms with Gasteiger partial charge >= 0.3 is 0 Å². The molecule has 0 aliphatic carbocycles. The van der Waals surface area contributed by atoms with E-state index in [1.807, 2.05) is 25.4 Å². The van der Waals surface area contributed by atoms with E-state index in [0.29, 0.717) is 52.4 Å². The summed E-state index contributed by atoms with van der Waals surface area (Å²) in [5.74, 6) is 0.862. The number of hydrogen-bond acceptors (Lipinski definition) is 12. The number of carbonyl (C=O) groups is 1. The van der Waals surface area contributed by atoms with Crippen LogP contribution in [-0.4, -0.2) is 114 Å². The number of morpholine rings is 1. The van der Waals surface area contributed by atoms with Gasteiger partial charge in [0.2, 0.25) is 0 Å². The minimum Gasteiger partial charge on any atom is -0.481 e. The van der Waals surface area contributed by atoms with Gasteiger partial charge in [0.1, 0.15) is 11.6 Å². The minimum absolute atomic E-state index is 0.0273. The molecule has 0 bridgehead atoms. The molecule has 1 fully saturated rings. The lowest BCUT2D eigenvalue weighted by molar-refractivity contribution is -0.123. The van der Waals surface area contributed by atoms with Gasteiger partial charge in [-0.05, 0) is 86.3 Å². The third-order valence-electron chi connectivity index (χ3n) is 12.6. The van der Waals surface area contributed by atoms with Gasteiger partial charge in [-0.3, -0.25) is 9.69 Å². The van der Waals surface area contributed by atoms with Crippen molar-refractivity contribution < 1.29 is 32.7 Å². The summed E-state index contributed by atoms with van der Waals surface area (Å²) in [6, 6.07) is 24.5. The number of ether oxygens (including phenoxy) is 4. The van der Waals surface area contributed by atoms with Crippen molar-refractivity contribution in [3.8, 4) is 28.1 Å². The van der Waals surface area contributed by atoms with Crippen LogP contribution in [0.4, 0.5) is 4.39 Å². The lowest BCUT2D eigenvalue weighted by Crippen LogP contribution is -2.38. The molecule has 356 valence electrons. The molecule has 1 aliphatic rings. The third-order valence-corrected chi connectivity index (χ3v) is 13.1. The van der Waals surface area contributed by atoms with Crippen molar-refractivity contribution in [1.82, 2.24) is 39.8 Å². The highest BCUT2D eigenvalue weighted by atomic mass is 32.1. The summed E-state index contributed by atoms with van der Waals surface area (Å²) >= 11 is 1.61. The summed E-state index contributed by atoms with van der Waals surface area (Å²) in [5.41, 5.74) is 13.3. The fraction of sp³-hybridized carbons (Fsp3) is 0.385. The van der Waals surface area contributed by atoms with Gasteiger partial charge in [-0.15, -0.1) is 11.3 Å². The number of fused-ring (bicyclic) bond motifs is 4. The van der Waals surface area contributed by atoms with Gasteiger partial charge in [0, 0.05) is 97.1 Å². The van der Waals surface area contributed by atoms with Crippen molar-refractivity contribution in [2.45, 2.75) is 53.2 Å². The number of aromatic nitrogens is 5. The summed E-state index contributed by atoms with van der Waals surface area (Å²) in [6.45, 7) is 15.1. The first-order chi connectivity index (χ1) is 33.3. The number of thiazole rings is 1. The van der Waals surface area contributed by atoms with Crippen molar-refractivity contribution in [2.24, 2.45) is 0 Å². The maximum atomic E-state index is 15.3. The zero-order valence-corrected chi connectivity index (χ0v) is 39.8. The van der Waals surface area contributed by atoms with Crippen LogP contribution in [0.1, 0.15) is 35.3 Å². The Morgan fingerprint density at radius 2 is 1.63 bits per heavy atom. The number of halogens is 1. The average molecular weight is 943 g/mol. The Morgan fingerprint density at radius 1 is 0.824 bits per heavy atom. The Kier molecular flexibility index (Phi) is 15.5. The zero-order chi connectivity index (χ0) is 46.8. The number of nitrogens with zero attached hydrogens (tertiary/aromatic N) is 6. The van der Waals surface area contributed by atoms with Crippen LogP contribution in [0.3, 0.4) is 0 Å². The van der Waals surface area contributed by atoms with Crippen molar-refractivity contribution in [2.75, 3.05) is 79.0 Å². The lowest BCUT2D eigenvalue weighted by Gasteiger charge is -2.27. The predicted molar refractivity (Wildman–Crippen MR) is 264 cm³/mol. The number of hydrogen-bond donors (Lipinski definition) is 2. The number of rotatable bonds is 23. The Bertz CT molecular complexity index is 2940. The Hall–Kier alpha value is -6.01. The van der Waals surface area contributed by atoms with Crippen molar-refractivity contribution in [1.29, 1.82) is 0 Å². The zero-order valence-electron chi connectivity index (χ0n) is 39.0. The molecule has 0 atom stereocenters. The molecule has 1 saturated heterocycles. The van der Waals surface area contributed by atoms with E-state index in [1.165, 1.54) is 33.4 Å². The second-order valence-electron chi connectivity index (χ2n) is 17.0. The van der Waals surface area contributed by atoms with E-state index in [4.69, 9.17) is 28.5 Å². The molecule has 0 spiro atoms. The van der Waals surface area contributed by atoms with Gasteiger partial charge < -0.3 is 43.2 Å². The van der Waals surface area contributed by atoms with Crippen molar-refractivity contribution in [3.63, 3.8) is 0 Å². The fourth-order valence-electron chi connectivity index (χ4n) is 9.08. The summed E-state index contributed by atoms with van der Waals surface area (Å²) in [7, 11) is 0. The molecule has 5 heterocycles. The Balaban J connectivity index is 0.667. The standard InChI is InChI=1S/C52H59FN8O6S/c1-4-60-46-11-5-38(27-42(46)41-10-8-39(30-48(41)60)45-33-68-34-56-45)31-54-15-21-63-25-26-64-22-16-55-51(62)32-66-49-13-6-37(28-43(49)53)7-14-50-57-44-29-40(52-35(2)58-67-36(52)3)9-12-47(44)61(50)18-17-59-19-23-65-24-20-59/h5-6,8-13,27-30,33-34,54H,4,7,14-26,31-32H2,1-3H3,(H,55,62). The highest BCUT2D eigenvalue weighted by Crippen LogP contribution is 2.34. The molecule has 4 aromatic heterocycles. The van der Waals surface area contributed by atoms with Gasteiger partial charge in [-0.2, -0.15) is 0 Å². The van der Waals surface area contributed by atoms with Crippen LogP contribution < -0.4 is 15.4 Å². The molecule has 16 heteroatoms. The van der Waals surface area contributed by atoms with Crippen LogP contribution in [0, 0.1) is 19.7 Å². The second kappa shape index (κ2) is 22.4. The fourth-order valence-corrected chi connectivity index (χ4v) is 9.64. The molecular formula is C52H59FN8O6S. The first-order valence-electron chi connectivity index (χ1n) is 23.5. The van der Waals surface area contributed by atoms with Crippen molar-refractivity contribution in [3.05, 3.63) is 118 Å². The molecule has 0 saturated carbocycles. The van der Waals surface area contributed by atoms with Gasteiger partial charge in [0.15, 0.2) is 18.2 Å². The van der Waals surface area contributed by atoms with E-state index in [-0.39, 0.29) is 18.3 Å². The number of nitrogens with one attached hydrogen (secondary N) is 2. The number of aryl methyl sites for hydroxylation is 5. The van der Waals surface area contributed by atoms with Gasteiger partial charge in [-0.25, -0.2) is 14.4 Å². The number of imidazole rings is 1. The highest BCUT2D eigenvalue weighted by molar-refractivity contribution is 7.07. The van der Waals surface area contributed by atoms with E-state index in [2.05, 4.69) is 102 Å². The first-order valence-corrected chi connectivity index (χ1v) is 24.5. The number of benzene rings is 4. The van der Waals surface area contributed by atoms with E-state index in [1.54, 1.807) is 17.4 Å². The molecule has 4 aromatic carbocycles. The maximum Gasteiger partial charge on any atom is 0.258 e. The maximum absolute atomic E-state index is 15.3.